The molecule has 0 spiro atoms. The Labute approximate surface area is 127 Å². The molecule has 0 unspecified atom stereocenters. The van der Waals surface area contributed by atoms with Gasteiger partial charge < -0.3 is 10.1 Å². The first-order chi connectivity index (χ1) is 10.1. The monoisotopic (exact) mass is 299 g/mol. The number of hydrogen-bond acceptors (Lipinski definition) is 5. The van der Waals surface area contributed by atoms with Crippen molar-refractivity contribution >= 4 is 27.5 Å². The molecule has 0 bridgehead atoms. The van der Waals surface area contributed by atoms with E-state index in [4.69, 9.17) is 4.74 Å². The highest BCUT2D eigenvalue weighted by Crippen LogP contribution is 2.34. The number of benzene rings is 1. The average Bonchev–Trinajstić information content (AvgIpc) is 2.82. The Balaban J connectivity index is 2.10. The van der Waals surface area contributed by atoms with Crippen molar-refractivity contribution in [3.05, 3.63) is 40.3 Å². The number of fused-ring (bicyclic) bond motifs is 1. The second kappa shape index (κ2) is 5.33. The lowest BCUT2D eigenvalue weighted by Crippen LogP contribution is -1.99. The van der Waals surface area contributed by atoms with E-state index in [-0.39, 0.29) is 0 Å². The summed E-state index contributed by atoms with van der Waals surface area (Å²) in [6.45, 7) is 6.17. The molecule has 1 aromatic carbocycles. The third-order valence-corrected chi connectivity index (χ3v) is 4.19. The summed E-state index contributed by atoms with van der Waals surface area (Å²) in [4.78, 5) is 11.1. The summed E-state index contributed by atoms with van der Waals surface area (Å²) >= 11 is 1.64. The van der Waals surface area contributed by atoms with Gasteiger partial charge in [0.15, 0.2) is 0 Å². The fourth-order valence-electron chi connectivity index (χ4n) is 2.22. The van der Waals surface area contributed by atoms with Gasteiger partial charge in [0.2, 0.25) is 11.8 Å². The summed E-state index contributed by atoms with van der Waals surface area (Å²) in [5, 5.41) is 3.94. The Morgan fingerprint density at radius 3 is 2.62 bits per heavy atom. The molecule has 21 heavy (non-hydrogen) atoms. The topological polar surface area (TPSA) is 47.0 Å². The van der Waals surface area contributed by atoms with Crippen molar-refractivity contribution in [2.45, 2.75) is 20.8 Å². The normalized spacial score (nSPS) is 10.9. The molecule has 0 atom stereocenters. The zero-order valence-corrected chi connectivity index (χ0v) is 13.3. The van der Waals surface area contributed by atoms with E-state index in [1.807, 2.05) is 26.1 Å². The van der Waals surface area contributed by atoms with Crippen molar-refractivity contribution < 1.29 is 4.74 Å². The molecule has 0 amide bonds. The number of thiophene rings is 1. The maximum Gasteiger partial charge on any atom is 0.232 e. The zero-order valence-electron chi connectivity index (χ0n) is 12.5. The van der Waals surface area contributed by atoms with Crippen LogP contribution < -0.4 is 10.1 Å². The maximum atomic E-state index is 6.05. The van der Waals surface area contributed by atoms with Crippen LogP contribution in [0, 0.1) is 20.8 Å². The van der Waals surface area contributed by atoms with E-state index in [0.717, 1.165) is 21.5 Å². The molecule has 0 aliphatic heterocycles. The van der Waals surface area contributed by atoms with Crippen molar-refractivity contribution in [2.75, 3.05) is 12.4 Å². The van der Waals surface area contributed by atoms with Crippen LogP contribution in [0.15, 0.2) is 24.3 Å². The van der Waals surface area contributed by atoms with E-state index < -0.39 is 0 Å². The Morgan fingerprint density at radius 2 is 1.90 bits per heavy atom. The summed E-state index contributed by atoms with van der Waals surface area (Å²) in [7, 11) is 1.81. The van der Waals surface area contributed by atoms with Crippen LogP contribution in [0.4, 0.5) is 5.95 Å². The van der Waals surface area contributed by atoms with Gasteiger partial charge in [0, 0.05) is 11.9 Å². The van der Waals surface area contributed by atoms with Crippen LogP contribution in [-0.4, -0.2) is 17.0 Å². The SMILES string of the molecule is CNc1nc(Oc2ccc(C)cc2C)c2cc(C)sc2n1. The molecule has 5 heteroatoms. The Kier molecular flexibility index (Phi) is 3.51. The van der Waals surface area contributed by atoms with Gasteiger partial charge in [-0.05, 0) is 38.5 Å². The lowest BCUT2D eigenvalue weighted by atomic mass is 10.1. The first-order valence-electron chi connectivity index (χ1n) is 6.78. The van der Waals surface area contributed by atoms with E-state index >= 15 is 0 Å². The van der Waals surface area contributed by atoms with E-state index in [1.165, 1.54) is 10.4 Å². The molecule has 0 saturated heterocycles. The van der Waals surface area contributed by atoms with Crippen molar-refractivity contribution in [3.8, 4) is 11.6 Å². The molecule has 3 rings (SSSR count). The highest BCUT2D eigenvalue weighted by molar-refractivity contribution is 7.18. The van der Waals surface area contributed by atoms with Crippen LogP contribution in [0.3, 0.4) is 0 Å². The minimum Gasteiger partial charge on any atom is -0.438 e. The number of hydrogen-bond donors (Lipinski definition) is 1. The third-order valence-electron chi connectivity index (χ3n) is 3.24. The van der Waals surface area contributed by atoms with E-state index in [1.54, 1.807) is 11.3 Å². The fraction of sp³-hybridized carbons (Fsp3) is 0.250. The Bertz CT molecular complexity index is 811. The maximum absolute atomic E-state index is 6.05. The Morgan fingerprint density at radius 1 is 1.10 bits per heavy atom. The summed E-state index contributed by atoms with van der Waals surface area (Å²) < 4.78 is 6.05. The first-order valence-corrected chi connectivity index (χ1v) is 7.59. The second-order valence-corrected chi connectivity index (χ2v) is 6.28. The van der Waals surface area contributed by atoms with Gasteiger partial charge in [0.1, 0.15) is 10.6 Å². The lowest BCUT2D eigenvalue weighted by Gasteiger charge is -2.10. The number of nitrogens with zero attached hydrogens (tertiary/aromatic N) is 2. The predicted octanol–water partition coefficient (Wildman–Crippen LogP) is 4.45. The molecule has 0 fully saturated rings. The van der Waals surface area contributed by atoms with Crippen LogP contribution in [0.1, 0.15) is 16.0 Å². The predicted molar refractivity (Wildman–Crippen MR) is 87.7 cm³/mol. The second-order valence-electron chi connectivity index (χ2n) is 5.05. The van der Waals surface area contributed by atoms with Crippen LogP contribution in [0.5, 0.6) is 11.6 Å². The number of anilines is 1. The molecule has 2 aromatic heterocycles. The fourth-order valence-corrected chi connectivity index (χ4v) is 3.09. The molecule has 0 saturated carbocycles. The molecule has 3 aromatic rings. The standard InChI is InChI=1S/C16H17N3OS/c1-9-5-6-13(10(2)7-9)20-14-12-8-11(3)21-15(12)19-16(17-4)18-14/h5-8H,1-4H3,(H,17,18,19). The summed E-state index contributed by atoms with van der Waals surface area (Å²) in [6.07, 6.45) is 0. The van der Waals surface area contributed by atoms with Gasteiger partial charge in [-0.2, -0.15) is 4.98 Å². The summed E-state index contributed by atoms with van der Waals surface area (Å²) in [6, 6.07) is 8.19. The third kappa shape index (κ3) is 2.69. The van der Waals surface area contributed by atoms with Crippen LogP contribution in [0.25, 0.3) is 10.2 Å². The van der Waals surface area contributed by atoms with E-state index in [0.29, 0.717) is 11.8 Å². The smallest absolute Gasteiger partial charge is 0.232 e. The van der Waals surface area contributed by atoms with Crippen molar-refractivity contribution in [3.63, 3.8) is 0 Å². The molecular weight excluding hydrogens is 282 g/mol. The summed E-state index contributed by atoms with van der Waals surface area (Å²) in [5.41, 5.74) is 2.31. The average molecular weight is 299 g/mol. The molecule has 4 nitrogen and oxygen atoms in total. The highest BCUT2D eigenvalue weighted by Gasteiger charge is 2.13. The number of nitrogens with one attached hydrogen (secondary N) is 1. The molecule has 2 heterocycles. The first kappa shape index (κ1) is 13.8. The molecule has 0 aliphatic carbocycles. The minimum atomic E-state index is 0.573. The highest BCUT2D eigenvalue weighted by atomic mass is 32.1. The van der Waals surface area contributed by atoms with Gasteiger partial charge in [-0.25, -0.2) is 4.98 Å². The summed E-state index contributed by atoms with van der Waals surface area (Å²) in [5.74, 6) is 2.00. The lowest BCUT2D eigenvalue weighted by molar-refractivity contribution is 0.465. The van der Waals surface area contributed by atoms with Gasteiger partial charge in [0.25, 0.3) is 0 Å². The van der Waals surface area contributed by atoms with E-state index in [9.17, 15) is 0 Å². The largest absolute Gasteiger partial charge is 0.438 e. The Hall–Kier alpha value is -2.14. The number of rotatable bonds is 3. The molecule has 0 aliphatic rings. The quantitative estimate of drug-likeness (QED) is 0.776. The van der Waals surface area contributed by atoms with Crippen LogP contribution in [0.2, 0.25) is 0 Å². The van der Waals surface area contributed by atoms with E-state index in [2.05, 4.69) is 41.3 Å². The molecular formula is C16H17N3OS. The van der Waals surface area contributed by atoms with Gasteiger partial charge in [0.05, 0.1) is 5.39 Å². The van der Waals surface area contributed by atoms with Crippen molar-refractivity contribution in [1.29, 1.82) is 0 Å². The molecule has 108 valence electrons. The zero-order chi connectivity index (χ0) is 15.0. The van der Waals surface area contributed by atoms with Gasteiger partial charge in [-0.3, -0.25) is 0 Å². The number of aromatic nitrogens is 2. The van der Waals surface area contributed by atoms with Crippen LogP contribution in [-0.2, 0) is 0 Å². The van der Waals surface area contributed by atoms with Gasteiger partial charge in [-0.15, -0.1) is 11.3 Å². The van der Waals surface area contributed by atoms with Crippen LogP contribution >= 0.6 is 11.3 Å². The van der Waals surface area contributed by atoms with Crippen molar-refractivity contribution in [1.82, 2.24) is 9.97 Å². The minimum absolute atomic E-state index is 0.573. The number of aryl methyl sites for hydroxylation is 3. The van der Waals surface area contributed by atoms with Crippen molar-refractivity contribution in [2.24, 2.45) is 0 Å². The molecule has 1 N–H and O–H groups in total. The van der Waals surface area contributed by atoms with Gasteiger partial charge in [-0.1, -0.05) is 17.7 Å². The van der Waals surface area contributed by atoms with Gasteiger partial charge >= 0.3 is 0 Å². The molecule has 0 radical (unpaired) electrons. The number of ether oxygens (including phenoxy) is 1.